The van der Waals surface area contributed by atoms with Gasteiger partial charge in [0.25, 0.3) is 11.8 Å². The molecule has 1 heterocycles. The Morgan fingerprint density at radius 2 is 1.58 bits per heavy atom. The Bertz CT molecular complexity index is 835. The number of halogens is 2. The molecule has 0 radical (unpaired) electrons. The molecule has 134 valence electrons. The molecule has 0 aliphatic carbocycles. The number of benzene rings is 2. The molecule has 0 fully saturated rings. The van der Waals surface area contributed by atoms with Crippen LogP contribution in [0.2, 0.25) is 0 Å². The Labute approximate surface area is 147 Å². The van der Waals surface area contributed by atoms with E-state index < -0.39 is 24.3 Å². The Balaban J connectivity index is 1.62. The van der Waals surface area contributed by atoms with Gasteiger partial charge in [-0.05, 0) is 24.3 Å². The molecule has 6 nitrogen and oxygen atoms in total. The number of ether oxygens (including phenoxy) is 1. The van der Waals surface area contributed by atoms with Crippen LogP contribution in [-0.4, -0.2) is 35.8 Å². The predicted octanol–water partition coefficient (Wildman–Crippen LogP) is 2.91. The smallest absolute Gasteiger partial charge is 0.387 e. The molecule has 0 aromatic heterocycles. The van der Waals surface area contributed by atoms with E-state index in [9.17, 15) is 23.2 Å². The monoisotopic (exact) mass is 360 g/mol. The predicted molar refractivity (Wildman–Crippen MR) is 88.1 cm³/mol. The first-order chi connectivity index (χ1) is 12.5. The maximum absolute atomic E-state index is 12.4. The van der Waals surface area contributed by atoms with Gasteiger partial charge in [-0.25, -0.2) is 0 Å². The van der Waals surface area contributed by atoms with E-state index in [1.165, 1.54) is 18.2 Å². The number of rotatable bonds is 6. The van der Waals surface area contributed by atoms with E-state index in [1.807, 2.05) is 0 Å². The van der Waals surface area contributed by atoms with Crippen LogP contribution < -0.4 is 10.1 Å². The Kier molecular flexibility index (Phi) is 4.92. The van der Waals surface area contributed by atoms with Crippen LogP contribution in [0.1, 0.15) is 27.1 Å². The highest BCUT2D eigenvalue weighted by molar-refractivity contribution is 6.21. The number of hydrogen-bond acceptors (Lipinski definition) is 4. The molecule has 0 atom stereocenters. The first-order valence-electron chi connectivity index (χ1n) is 7.76. The normalized spacial score (nSPS) is 13.1. The van der Waals surface area contributed by atoms with Crippen LogP contribution in [-0.2, 0) is 4.79 Å². The molecule has 0 saturated carbocycles. The second-order valence-electron chi connectivity index (χ2n) is 5.48. The van der Waals surface area contributed by atoms with Gasteiger partial charge in [0.05, 0.1) is 16.8 Å². The molecule has 26 heavy (non-hydrogen) atoms. The summed E-state index contributed by atoms with van der Waals surface area (Å²) in [5, 5.41) is 2.44. The first-order valence-corrected chi connectivity index (χ1v) is 7.76. The fourth-order valence-corrected chi connectivity index (χ4v) is 2.64. The number of nitrogens with one attached hydrogen (secondary N) is 1. The van der Waals surface area contributed by atoms with Crippen molar-refractivity contribution >= 4 is 23.4 Å². The number of alkyl halides is 2. The third kappa shape index (κ3) is 3.53. The second-order valence-corrected chi connectivity index (χ2v) is 5.48. The van der Waals surface area contributed by atoms with Crippen molar-refractivity contribution < 1.29 is 27.9 Å². The van der Waals surface area contributed by atoms with Gasteiger partial charge < -0.3 is 10.1 Å². The molecule has 0 spiro atoms. The highest BCUT2D eigenvalue weighted by Gasteiger charge is 2.34. The molecule has 8 heteroatoms. The zero-order valence-electron chi connectivity index (χ0n) is 13.4. The average molecular weight is 360 g/mol. The van der Waals surface area contributed by atoms with Gasteiger partial charge in [-0.2, -0.15) is 8.78 Å². The fourth-order valence-electron chi connectivity index (χ4n) is 2.64. The minimum atomic E-state index is -3.02. The van der Waals surface area contributed by atoms with Gasteiger partial charge in [0.15, 0.2) is 0 Å². The SMILES string of the molecule is O=C(CCN1C(=O)c2ccccc2C1=O)Nc1ccccc1OC(F)F. The summed E-state index contributed by atoms with van der Waals surface area (Å²) in [6.07, 6.45) is -0.172. The third-order valence-electron chi connectivity index (χ3n) is 3.82. The number of imide groups is 1. The quantitative estimate of drug-likeness (QED) is 0.804. The van der Waals surface area contributed by atoms with Crippen LogP contribution >= 0.6 is 0 Å². The molecule has 1 aliphatic rings. The molecule has 0 bridgehead atoms. The van der Waals surface area contributed by atoms with Gasteiger partial charge in [0, 0.05) is 13.0 Å². The number of hydrogen-bond donors (Lipinski definition) is 1. The standard InChI is InChI=1S/C18H14F2N2O4/c19-18(20)26-14-8-4-3-7-13(14)21-15(23)9-10-22-16(24)11-5-1-2-6-12(11)17(22)25/h1-8,18H,9-10H2,(H,21,23). The van der Waals surface area contributed by atoms with Crippen molar-refractivity contribution in [2.75, 3.05) is 11.9 Å². The van der Waals surface area contributed by atoms with E-state index in [2.05, 4.69) is 10.1 Å². The molecule has 1 N–H and O–H groups in total. The number of nitrogens with zero attached hydrogens (tertiary/aromatic N) is 1. The number of carbonyl (C=O) groups is 3. The lowest BCUT2D eigenvalue weighted by atomic mass is 10.1. The van der Waals surface area contributed by atoms with Crippen molar-refractivity contribution in [2.45, 2.75) is 13.0 Å². The van der Waals surface area contributed by atoms with Gasteiger partial charge in [0.1, 0.15) is 5.75 Å². The van der Waals surface area contributed by atoms with Crippen LogP contribution in [0.3, 0.4) is 0 Å². The minimum Gasteiger partial charge on any atom is -0.433 e. The largest absolute Gasteiger partial charge is 0.433 e. The number of carbonyl (C=O) groups excluding carboxylic acids is 3. The van der Waals surface area contributed by atoms with Crippen LogP contribution in [0.4, 0.5) is 14.5 Å². The molecule has 2 aromatic carbocycles. The maximum atomic E-state index is 12.4. The van der Waals surface area contributed by atoms with Crippen molar-refractivity contribution in [3.8, 4) is 5.75 Å². The van der Waals surface area contributed by atoms with Gasteiger partial charge in [-0.3, -0.25) is 19.3 Å². The molecule has 1 aliphatic heterocycles. The van der Waals surface area contributed by atoms with Crippen molar-refractivity contribution in [3.63, 3.8) is 0 Å². The summed E-state index contributed by atoms with van der Waals surface area (Å²) in [5.74, 6) is -1.62. The zero-order valence-corrected chi connectivity index (χ0v) is 13.4. The molecule has 3 amide bonds. The molecular formula is C18H14F2N2O4. The van der Waals surface area contributed by atoms with Gasteiger partial charge in [-0.15, -0.1) is 0 Å². The summed E-state index contributed by atoms with van der Waals surface area (Å²) in [6, 6.07) is 12.2. The number of amides is 3. The molecular weight excluding hydrogens is 346 g/mol. The van der Waals surface area contributed by atoms with E-state index in [4.69, 9.17) is 0 Å². The topological polar surface area (TPSA) is 75.7 Å². The summed E-state index contributed by atoms with van der Waals surface area (Å²) >= 11 is 0. The Hall–Kier alpha value is -3.29. The van der Waals surface area contributed by atoms with Crippen molar-refractivity contribution in [1.29, 1.82) is 0 Å². The van der Waals surface area contributed by atoms with E-state index >= 15 is 0 Å². The van der Waals surface area contributed by atoms with E-state index in [0.717, 1.165) is 4.90 Å². The van der Waals surface area contributed by atoms with Gasteiger partial charge in [0.2, 0.25) is 5.91 Å². The highest BCUT2D eigenvalue weighted by Crippen LogP contribution is 2.26. The lowest BCUT2D eigenvalue weighted by molar-refractivity contribution is -0.116. The first kappa shape index (κ1) is 17.5. The second kappa shape index (κ2) is 7.30. The van der Waals surface area contributed by atoms with E-state index in [1.54, 1.807) is 30.3 Å². The van der Waals surface area contributed by atoms with Crippen molar-refractivity contribution in [1.82, 2.24) is 4.90 Å². The summed E-state index contributed by atoms with van der Waals surface area (Å²) in [4.78, 5) is 37.5. The molecule has 0 unspecified atom stereocenters. The van der Waals surface area contributed by atoms with E-state index in [-0.39, 0.29) is 24.4 Å². The number of fused-ring (bicyclic) bond motifs is 1. The zero-order chi connectivity index (χ0) is 18.7. The molecule has 0 saturated heterocycles. The van der Waals surface area contributed by atoms with Crippen LogP contribution in [0.5, 0.6) is 5.75 Å². The summed E-state index contributed by atoms with van der Waals surface area (Å²) in [5.41, 5.74) is 0.683. The van der Waals surface area contributed by atoms with Crippen LogP contribution in [0.25, 0.3) is 0 Å². The minimum absolute atomic E-state index is 0.0835. The number of para-hydroxylation sites is 2. The molecule has 2 aromatic rings. The van der Waals surface area contributed by atoms with Gasteiger partial charge >= 0.3 is 6.61 Å². The van der Waals surface area contributed by atoms with Gasteiger partial charge in [-0.1, -0.05) is 24.3 Å². The van der Waals surface area contributed by atoms with E-state index in [0.29, 0.717) is 11.1 Å². The highest BCUT2D eigenvalue weighted by atomic mass is 19.3. The Morgan fingerprint density at radius 3 is 2.19 bits per heavy atom. The number of anilines is 1. The third-order valence-corrected chi connectivity index (χ3v) is 3.82. The lowest BCUT2D eigenvalue weighted by Crippen LogP contribution is -2.32. The van der Waals surface area contributed by atoms with Crippen LogP contribution in [0, 0.1) is 0 Å². The van der Waals surface area contributed by atoms with Crippen LogP contribution in [0.15, 0.2) is 48.5 Å². The summed E-state index contributed by atoms with van der Waals surface area (Å²) in [6.45, 7) is -3.14. The Morgan fingerprint density at radius 1 is 1.00 bits per heavy atom. The van der Waals surface area contributed by atoms with Crippen molar-refractivity contribution in [2.24, 2.45) is 0 Å². The fraction of sp³-hybridized carbons (Fsp3) is 0.167. The average Bonchev–Trinajstić information content (AvgIpc) is 2.86. The van der Waals surface area contributed by atoms with Crippen molar-refractivity contribution in [3.05, 3.63) is 59.7 Å². The summed E-state index contributed by atoms with van der Waals surface area (Å²) < 4.78 is 29.1. The maximum Gasteiger partial charge on any atom is 0.387 e. The molecule has 3 rings (SSSR count). The summed E-state index contributed by atoms with van der Waals surface area (Å²) in [7, 11) is 0. The lowest BCUT2D eigenvalue weighted by Gasteiger charge is -2.15.